The number of amides is 3. The van der Waals surface area contributed by atoms with Crippen LogP contribution in [0.4, 0.5) is 11.4 Å². The average Bonchev–Trinajstić information content (AvgIpc) is 3.63. The molecule has 0 radical (unpaired) electrons. The molecule has 9 heteroatoms. The van der Waals surface area contributed by atoms with E-state index in [0.717, 1.165) is 32.7 Å². The molecule has 1 atom stereocenters. The van der Waals surface area contributed by atoms with Gasteiger partial charge in [0.2, 0.25) is 11.8 Å². The Hall–Kier alpha value is -6.71. The molecule has 0 aliphatic heterocycles. The summed E-state index contributed by atoms with van der Waals surface area (Å²) in [4.78, 5) is 45.7. The number of hydrogen-bond acceptors (Lipinski definition) is 6. The number of carbonyl (C=O) groups excluding carboxylic acids is 3. The summed E-state index contributed by atoms with van der Waals surface area (Å²) in [5.74, 6) is -0.542. The molecule has 53 heavy (non-hydrogen) atoms. The zero-order valence-electron chi connectivity index (χ0n) is 28.7. The molecule has 0 saturated heterocycles. The van der Waals surface area contributed by atoms with Crippen molar-refractivity contribution in [3.05, 3.63) is 186 Å². The monoisotopic (exact) mass is 714 g/mol. The van der Waals surface area contributed by atoms with Gasteiger partial charge in [-0.1, -0.05) is 90.5 Å². The molecule has 0 spiro atoms. The van der Waals surface area contributed by atoms with E-state index in [2.05, 4.69) is 20.9 Å². The third-order valence-corrected chi connectivity index (χ3v) is 9.58. The van der Waals surface area contributed by atoms with Gasteiger partial charge in [-0.05, 0) is 96.9 Å². The van der Waals surface area contributed by atoms with Crippen LogP contribution in [0.2, 0.25) is 0 Å². The summed E-state index contributed by atoms with van der Waals surface area (Å²) in [5.41, 5.74) is 6.70. The number of hydrogen-bond donors (Lipinski definition) is 3. The van der Waals surface area contributed by atoms with E-state index in [1.807, 2.05) is 128 Å². The lowest BCUT2D eigenvalue weighted by Gasteiger charge is -2.18. The number of oxazole rings is 1. The SMILES string of the molecule is Cc1ccc(/C=C(\NC(=O)c2ccccc2)C(=O)Nc2ccc(SC(C(=O)Nc3ccc(-c4nc5ccccc5o4)cc3)c3ccccc3)cc2)cc1. The second kappa shape index (κ2) is 16.1. The van der Waals surface area contributed by atoms with E-state index in [4.69, 9.17) is 4.42 Å². The maximum Gasteiger partial charge on any atom is 0.272 e. The van der Waals surface area contributed by atoms with Crippen LogP contribution in [0.1, 0.15) is 32.3 Å². The highest BCUT2D eigenvalue weighted by atomic mass is 32.2. The summed E-state index contributed by atoms with van der Waals surface area (Å²) in [6.07, 6.45) is 1.65. The van der Waals surface area contributed by atoms with Crippen LogP contribution in [0, 0.1) is 6.92 Å². The van der Waals surface area contributed by atoms with E-state index in [1.165, 1.54) is 11.8 Å². The summed E-state index contributed by atoms with van der Waals surface area (Å²) in [6, 6.07) is 48.2. The van der Waals surface area contributed by atoms with Crippen molar-refractivity contribution in [3.8, 4) is 11.5 Å². The van der Waals surface area contributed by atoms with Crippen molar-refractivity contribution >= 4 is 58.0 Å². The summed E-state index contributed by atoms with van der Waals surface area (Å²) in [7, 11) is 0. The Morgan fingerprint density at radius 3 is 2.00 bits per heavy atom. The van der Waals surface area contributed by atoms with Crippen LogP contribution >= 0.6 is 11.8 Å². The molecule has 1 unspecified atom stereocenters. The minimum absolute atomic E-state index is 0.101. The summed E-state index contributed by atoms with van der Waals surface area (Å²) in [5, 5.41) is 8.17. The molecule has 0 bridgehead atoms. The van der Waals surface area contributed by atoms with E-state index in [1.54, 1.807) is 42.5 Å². The molecular formula is C44H34N4O4S. The molecular weight excluding hydrogens is 681 g/mol. The van der Waals surface area contributed by atoms with E-state index in [9.17, 15) is 14.4 Å². The first-order valence-corrected chi connectivity index (χ1v) is 17.8. The van der Waals surface area contributed by atoms with Crippen LogP contribution in [-0.4, -0.2) is 22.7 Å². The molecule has 1 aromatic heterocycles. The van der Waals surface area contributed by atoms with Crippen LogP contribution in [0.15, 0.2) is 173 Å². The van der Waals surface area contributed by atoms with E-state index in [0.29, 0.717) is 28.4 Å². The number of anilines is 2. The Morgan fingerprint density at radius 1 is 0.679 bits per heavy atom. The lowest BCUT2D eigenvalue weighted by molar-refractivity contribution is -0.116. The zero-order chi connectivity index (χ0) is 36.6. The van der Waals surface area contributed by atoms with Crippen molar-refractivity contribution in [2.45, 2.75) is 17.1 Å². The smallest absolute Gasteiger partial charge is 0.272 e. The van der Waals surface area contributed by atoms with Gasteiger partial charge in [0.25, 0.3) is 11.8 Å². The predicted octanol–water partition coefficient (Wildman–Crippen LogP) is 9.68. The molecule has 1 heterocycles. The molecule has 0 saturated carbocycles. The highest BCUT2D eigenvalue weighted by Crippen LogP contribution is 2.37. The van der Waals surface area contributed by atoms with Gasteiger partial charge in [-0.2, -0.15) is 0 Å². The molecule has 3 amide bonds. The largest absolute Gasteiger partial charge is 0.436 e. The van der Waals surface area contributed by atoms with Crippen LogP contribution in [0.25, 0.3) is 28.6 Å². The van der Waals surface area contributed by atoms with Gasteiger partial charge in [-0.25, -0.2) is 4.98 Å². The minimum Gasteiger partial charge on any atom is -0.436 e. The summed E-state index contributed by atoms with van der Waals surface area (Å²) < 4.78 is 5.89. The zero-order valence-corrected chi connectivity index (χ0v) is 29.5. The van der Waals surface area contributed by atoms with Gasteiger partial charge < -0.3 is 20.4 Å². The first-order valence-electron chi connectivity index (χ1n) is 16.9. The van der Waals surface area contributed by atoms with Crippen molar-refractivity contribution in [2.75, 3.05) is 10.6 Å². The van der Waals surface area contributed by atoms with Crippen LogP contribution < -0.4 is 16.0 Å². The minimum atomic E-state index is -0.564. The number of rotatable bonds is 11. The Labute approximate surface area is 311 Å². The molecule has 3 N–H and O–H groups in total. The van der Waals surface area contributed by atoms with Gasteiger partial charge in [0.1, 0.15) is 16.5 Å². The van der Waals surface area contributed by atoms with Gasteiger partial charge in [-0.15, -0.1) is 11.8 Å². The fourth-order valence-corrected chi connectivity index (χ4v) is 6.55. The summed E-state index contributed by atoms with van der Waals surface area (Å²) in [6.45, 7) is 1.98. The standard InChI is InChI=1S/C44H34N4O4S/c1-29-16-18-30(19-17-29)28-38(47-41(49)32-12-6-3-7-13-32)42(50)45-35-24-26-36(27-25-35)53-40(31-10-4-2-5-11-31)43(51)46-34-22-20-33(21-23-34)44-48-37-14-8-9-15-39(37)52-44/h2-28,40H,1H3,(H,45,50)(H,46,51)(H,47,49)/b38-28-. The van der Waals surface area contributed by atoms with Crippen molar-refractivity contribution in [3.63, 3.8) is 0 Å². The van der Waals surface area contributed by atoms with E-state index >= 15 is 0 Å². The molecule has 0 aliphatic rings. The van der Waals surface area contributed by atoms with Gasteiger partial charge in [0.05, 0.1) is 0 Å². The quantitative estimate of drug-likeness (QED) is 0.0909. The molecule has 7 rings (SSSR count). The van der Waals surface area contributed by atoms with Crippen molar-refractivity contribution in [1.82, 2.24) is 10.3 Å². The first kappa shape index (κ1) is 34.7. The van der Waals surface area contributed by atoms with E-state index < -0.39 is 17.1 Å². The predicted molar refractivity (Wildman–Crippen MR) is 211 cm³/mol. The van der Waals surface area contributed by atoms with Gasteiger partial charge >= 0.3 is 0 Å². The van der Waals surface area contributed by atoms with Gasteiger partial charge in [0, 0.05) is 27.4 Å². The number of para-hydroxylation sites is 2. The highest BCUT2D eigenvalue weighted by Gasteiger charge is 2.23. The lowest BCUT2D eigenvalue weighted by Crippen LogP contribution is -2.30. The molecule has 8 nitrogen and oxygen atoms in total. The van der Waals surface area contributed by atoms with Crippen molar-refractivity contribution in [2.24, 2.45) is 0 Å². The van der Waals surface area contributed by atoms with Crippen molar-refractivity contribution in [1.29, 1.82) is 0 Å². The Morgan fingerprint density at radius 2 is 1.30 bits per heavy atom. The number of carbonyl (C=O) groups is 3. The molecule has 6 aromatic carbocycles. The number of fused-ring (bicyclic) bond motifs is 1. The first-order chi connectivity index (χ1) is 25.9. The number of benzene rings is 6. The van der Waals surface area contributed by atoms with Crippen LogP contribution in [0.3, 0.4) is 0 Å². The molecule has 0 aliphatic carbocycles. The number of nitrogens with zero attached hydrogens (tertiary/aromatic N) is 1. The second-order valence-electron chi connectivity index (χ2n) is 12.2. The highest BCUT2D eigenvalue weighted by molar-refractivity contribution is 8.00. The van der Waals surface area contributed by atoms with Crippen LogP contribution in [0.5, 0.6) is 0 Å². The Balaban J connectivity index is 1.05. The lowest BCUT2D eigenvalue weighted by atomic mass is 10.1. The molecule has 7 aromatic rings. The molecule has 0 fully saturated rings. The Bertz CT molecular complexity index is 2360. The Kier molecular flexibility index (Phi) is 10.5. The van der Waals surface area contributed by atoms with Gasteiger partial charge in [-0.3, -0.25) is 14.4 Å². The number of aromatic nitrogens is 1. The number of nitrogens with one attached hydrogen (secondary N) is 3. The third-order valence-electron chi connectivity index (χ3n) is 8.32. The van der Waals surface area contributed by atoms with E-state index in [-0.39, 0.29) is 11.6 Å². The average molecular weight is 715 g/mol. The van der Waals surface area contributed by atoms with Gasteiger partial charge in [0.15, 0.2) is 5.58 Å². The normalized spacial score (nSPS) is 11.8. The topological polar surface area (TPSA) is 113 Å². The maximum atomic E-state index is 13.8. The second-order valence-corrected chi connectivity index (χ2v) is 13.4. The fraction of sp³-hybridized carbons (Fsp3) is 0.0455. The summed E-state index contributed by atoms with van der Waals surface area (Å²) >= 11 is 1.40. The van der Waals surface area contributed by atoms with Crippen LogP contribution in [-0.2, 0) is 9.59 Å². The number of aryl methyl sites for hydroxylation is 1. The molecule has 260 valence electrons. The maximum absolute atomic E-state index is 13.8. The fourth-order valence-electron chi connectivity index (χ4n) is 5.52. The number of thioether (sulfide) groups is 1. The van der Waals surface area contributed by atoms with Crippen molar-refractivity contribution < 1.29 is 18.8 Å². The third kappa shape index (κ3) is 8.79.